The second kappa shape index (κ2) is 10.3. The molecule has 0 spiro atoms. The van der Waals surface area contributed by atoms with Crippen molar-refractivity contribution in [2.75, 3.05) is 14.2 Å². The van der Waals surface area contributed by atoms with E-state index in [9.17, 15) is 14.4 Å². The van der Waals surface area contributed by atoms with Crippen LogP contribution in [-0.4, -0.2) is 34.5 Å². The molecular formula is C27H32O9Si. The van der Waals surface area contributed by atoms with Gasteiger partial charge in [-0.25, -0.2) is 0 Å². The van der Waals surface area contributed by atoms with E-state index in [0.29, 0.717) is 22.8 Å². The van der Waals surface area contributed by atoms with E-state index < -0.39 is 25.7 Å². The van der Waals surface area contributed by atoms with Crippen LogP contribution < -0.4 is 28.8 Å². The average Bonchev–Trinajstić information content (AvgIpc) is 2.79. The predicted octanol–water partition coefficient (Wildman–Crippen LogP) is 5.71. The number of methoxy groups -OCH3 is 2. The molecule has 0 fully saturated rings. The van der Waals surface area contributed by atoms with Crippen LogP contribution in [-0.2, 0) is 9.59 Å². The van der Waals surface area contributed by atoms with Gasteiger partial charge < -0.3 is 27.8 Å². The van der Waals surface area contributed by atoms with Gasteiger partial charge in [-0.05, 0) is 42.4 Å². The molecule has 0 saturated carbocycles. The molecule has 0 amide bonds. The monoisotopic (exact) mass is 528 g/mol. The van der Waals surface area contributed by atoms with E-state index in [1.807, 2.05) is 0 Å². The van der Waals surface area contributed by atoms with Crippen molar-refractivity contribution >= 4 is 31.2 Å². The lowest BCUT2D eigenvalue weighted by Crippen LogP contribution is -2.44. The van der Waals surface area contributed by atoms with Crippen molar-refractivity contribution in [1.29, 1.82) is 0 Å². The number of fused-ring (bicyclic) bond motifs is 1. The molecule has 198 valence electrons. The van der Waals surface area contributed by atoms with Crippen molar-refractivity contribution in [1.82, 2.24) is 0 Å². The maximum Gasteiger partial charge on any atom is 0.308 e. The lowest BCUT2D eigenvalue weighted by atomic mass is 10.1. The third kappa shape index (κ3) is 5.80. The lowest BCUT2D eigenvalue weighted by molar-refractivity contribution is -0.134. The van der Waals surface area contributed by atoms with Crippen molar-refractivity contribution in [3.8, 4) is 40.1 Å². The summed E-state index contributed by atoms with van der Waals surface area (Å²) in [5.74, 6) is -0.114. The maximum atomic E-state index is 13.0. The summed E-state index contributed by atoms with van der Waals surface area (Å²) in [7, 11) is 0.774. The molecule has 0 bridgehead atoms. The van der Waals surface area contributed by atoms with E-state index in [1.165, 1.54) is 46.3 Å². The first kappa shape index (κ1) is 27.8. The number of ether oxygens (including phenoxy) is 4. The molecule has 0 radical (unpaired) electrons. The Morgan fingerprint density at radius 3 is 1.89 bits per heavy atom. The second-order valence-electron chi connectivity index (χ2n) is 10.0. The molecule has 0 aliphatic rings. The van der Waals surface area contributed by atoms with Gasteiger partial charge in [-0.2, -0.15) is 0 Å². The zero-order valence-electron chi connectivity index (χ0n) is 22.6. The summed E-state index contributed by atoms with van der Waals surface area (Å²) in [5, 5.41) is 0.0762. The SMILES string of the molecule is COc1cc(-c2cc(=O)c3ccc(OC(C)=O)c(OC(C)=O)c3o2)cc(OC)c1O[Si](C)(C)C(C)(C)C. The molecule has 0 N–H and O–H groups in total. The Balaban J connectivity index is 2.26. The topological polar surface area (TPSA) is 111 Å². The number of rotatable bonds is 7. The number of esters is 2. The number of benzene rings is 2. The van der Waals surface area contributed by atoms with Gasteiger partial charge in [0, 0.05) is 25.5 Å². The molecule has 2 aromatic carbocycles. The van der Waals surface area contributed by atoms with Gasteiger partial charge in [0.25, 0.3) is 8.32 Å². The summed E-state index contributed by atoms with van der Waals surface area (Å²) >= 11 is 0. The normalized spacial score (nSPS) is 11.7. The Bertz CT molecular complexity index is 1390. The van der Waals surface area contributed by atoms with Crippen molar-refractivity contribution in [2.24, 2.45) is 0 Å². The first-order valence-corrected chi connectivity index (χ1v) is 14.5. The fourth-order valence-electron chi connectivity index (χ4n) is 3.33. The number of carbonyl (C=O) groups is 2. The van der Waals surface area contributed by atoms with Crippen LogP contribution in [0.3, 0.4) is 0 Å². The van der Waals surface area contributed by atoms with Crippen LogP contribution in [0.2, 0.25) is 18.1 Å². The van der Waals surface area contributed by atoms with E-state index >= 15 is 0 Å². The highest BCUT2D eigenvalue weighted by molar-refractivity contribution is 6.74. The van der Waals surface area contributed by atoms with Crippen LogP contribution in [0.25, 0.3) is 22.3 Å². The first-order chi connectivity index (χ1) is 17.2. The highest BCUT2D eigenvalue weighted by atomic mass is 28.4. The third-order valence-electron chi connectivity index (χ3n) is 6.22. The molecule has 1 heterocycles. The summed E-state index contributed by atoms with van der Waals surface area (Å²) in [6, 6.07) is 7.48. The smallest absolute Gasteiger partial charge is 0.308 e. The highest BCUT2D eigenvalue weighted by Gasteiger charge is 2.40. The Hall–Kier alpha value is -3.79. The highest BCUT2D eigenvalue weighted by Crippen LogP contribution is 2.47. The molecule has 1 aromatic heterocycles. The summed E-state index contributed by atoms with van der Waals surface area (Å²) in [4.78, 5) is 36.4. The maximum absolute atomic E-state index is 13.0. The largest absolute Gasteiger partial charge is 0.539 e. The van der Waals surface area contributed by atoms with Crippen LogP contribution in [0.5, 0.6) is 28.7 Å². The molecule has 0 aliphatic heterocycles. The second-order valence-corrected chi connectivity index (χ2v) is 14.7. The molecule has 9 nitrogen and oxygen atoms in total. The van der Waals surface area contributed by atoms with Crippen molar-refractivity contribution in [3.63, 3.8) is 0 Å². The Morgan fingerprint density at radius 2 is 1.41 bits per heavy atom. The van der Waals surface area contributed by atoms with Crippen LogP contribution in [0.15, 0.2) is 39.5 Å². The summed E-state index contributed by atoms with van der Waals surface area (Å²) < 4.78 is 34.3. The fraction of sp³-hybridized carbons (Fsp3) is 0.370. The van der Waals surface area contributed by atoms with Gasteiger partial charge in [-0.15, -0.1) is 0 Å². The zero-order chi connectivity index (χ0) is 27.7. The standard InChI is InChI=1S/C27H32O9Si/c1-15(28)33-20-11-10-18-19(30)14-21(35-24(18)26(20)34-16(2)29)17-12-22(31-6)25(23(13-17)32-7)36-37(8,9)27(3,4)5/h10-14H,1-9H3. The van der Waals surface area contributed by atoms with Crippen LogP contribution in [0.4, 0.5) is 0 Å². The van der Waals surface area contributed by atoms with Gasteiger partial charge in [-0.1, -0.05) is 20.8 Å². The molecule has 0 saturated heterocycles. The molecule has 3 aromatic rings. The Morgan fingerprint density at radius 1 is 0.838 bits per heavy atom. The molecule has 37 heavy (non-hydrogen) atoms. The lowest BCUT2D eigenvalue weighted by Gasteiger charge is -2.37. The summed E-state index contributed by atoms with van der Waals surface area (Å²) in [6.07, 6.45) is 0. The van der Waals surface area contributed by atoms with Gasteiger partial charge in [0.1, 0.15) is 5.76 Å². The van der Waals surface area contributed by atoms with Crippen molar-refractivity contribution < 1.29 is 37.4 Å². The summed E-state index contributed by atoms with van der Waals surface area (Å²) in [6.45, 7) is 13.0. The Labute approximate surface area is 216 Å². The van der Waals surface area contributed by atoms with Gasteiger partial charge in [0.15, 0.2) is 34.0 Å². The number of carbonyl (C=O) groups excluding carboxylic acids is 2. The quantitative estimate of drug-likeness (QED) is 0.216. The van der Waals surface area contributed by atoms with Crippen molar-refractivity contribution in [2.45, 2.75) is 52.8 Å². The third-order valence-corrected chi connectivity index (χ3v) is 10.6. The first-order valence-electron chi connectivity index (χ1n) is 11.6. The molecule has 0 unspecified atom stereocenters. The van der Waals surface area contributed by atoms with E-state index in [2.05, 4.69) is 33.9 Å². The number of hydrogen-bond donors (Lipinski definition) is 0. The van der Waals surface area contributed by atoms with E-state index in [4.69, 9.17) is 27.8 Å². The van der Waals surface area contributed by atoms with E-state index in [0.717, 1.165) is 0 Å². The van der Waals surface area contributed by atoms with Crippen LogP contribution in [0.1, 0.15) is 34.6 Å². The van der Waals surface area contributed by atoms with Gasteiger partial charge in [-0.3, -0.25) is 14.4 Å². The Kier molecular flexibility index (Phi) is 7.73. The van der Waals surface area contributed by atoms with E-state index in [1.54, 1.807) is 12.1 Å². The molecular weight excluding hydrogens is 496 g/mol. The minimum atomic E-state index is -2.25. The average molecular weight is 529 g/mol. The van der Waals surface area contributed by atoms with Gasteiger partial charge in [0.2, 0.25) is 5.75 Å². The minimum Gasteiger partial charge on any atom is -0.539 e. The fourth-order valence-corrected chi connectivity index (χ4v) is 4.34. The molecule has 3 rings (SSSR count). The molecule has 0 atom stereocenters. The molecule has 10 heteroatoms. The van der Waals surface area contributed by atoms with Crippen molar-refractivity contribution in [3.05, 3.63) is 40.6 Å². The van der Waals surface area contributed by atoms with Gasteiger partial charge >= 0.3 is 11.9 Å². The number of hydrogen-bond acceptors (Lipinski definition) is 9. The zero-order valence-corrected chi connectivity index (χ0v) is 23.6. The predicted molar refractivity (Wildman–Crippen MR) is 141 cm³/mol. The van der Waals surface area contributed by atoms with E-state index in [-0.39, 0.29) is 33.3 Å². The van der Waals surface area contributed by atoms with Crippen LogP contribution >= 0.6 is 0 Å². The van der Waals surface area contributed by atoms with Gasteiger partial charge in [0.05, 0.1) is 19.6 Å². The van der Waals surface area contributed by atoms with Crippen LogP contribution in [0, 0.1) is 0 Å². The molecule has 0 aliphatic carbocycles. The minimum absolute atomic E-state index is 0.0454. The summed E-state index contributed by atoms with van der Waals surface area (Å²) in [5.41, 5.74) is 0.0245.